The van der Waals surface area contributed by atoms with Gasteiger partial charge in [0.1, 0.15) is 12.7 Å². The van der Waals surface area contributed by atoms with Crippen molar-refractivity contribution in [2.75, 3.05) is 26.2 Å². The molecule has 8 heteroatoms. The molecule has 0 aromatic heterocycles. The van der Waals surface area contributed by atoms with Gasteiger partial charge in [0.2, 0.25) is 5.91 Å². The number of ether oxygens (including phenoxy) is 2. The van der Waals surface area contributed by atoms with Crippen LogP contribution in [0.5, 0.6) is 0 Å². The molecule has 5 aliphatic carbocycles. The van der Waals surface area contributed by atoms with Crippen molar-refractivity contribution < 1.29 is 23.9 Å². The van der Waals surface area contributed by atoms with E-state index in [9.17, 15) is 14.4 Å². The van der Waals surface area contributed by atoms with Crippen molar-refractivity contribution in [3.8, 4) is 11.1 Å². The molecule has 0 bridgehead atoms. The smallest absolute Gasteiger partial charge is 0.407 e. The van der Waals surface area contributed by atoms with Crippen molar-refractivity contribution in [3.63, 3.8) is 0 Å². The summed E-state index contributed by atoms with van der Waals surface area (Å²) in [6.45, 7) is 12.9. The van der Waals surface area contributed by atoms with Crippen LogP contribution >= 0.6 is 0 Å². The third-order valence-electron chi connectivity index (χ3n) is 15.0. The minimum absolute atomic E-state index is 0.0468. The molecule has 3 amide bonds. The van der Waals surface area contributed by atoms with Crippen molar-refractivity contribution in [2.24, 2.45) is 46.3 Å². The second kappa shape index (κ2) is 16.7. The first-order valence-corrected chi connectivity index (χ1v) is 21.5. The third-order valence-corrected chi connectivity index (χ3v) is 15.0. The molecule has 0 heterocycles. The highest BCUT2D eigenvalue weighted by molar-refractivity contribution is 5.82. The van der Waals surface area contributed by atoms with Gasteiger partial charge in [-0.2, -0.15) is 0 Å². The van der Waals surface area contributed by atoms with Crippen LogP contribution in [0.15, 0.2) is 60.2 Å². The van der Waals surface area contributed by atoms with E-state index in [-0.39, 0.29) is 49.6 Å². The van der Waals surface area contributed by atoms with E-state index in [4.69, 9.17) is 9.47 Å². The average Bonchev–Trinajstić information content (AvgIpc) is 3.69. The Morgan fingerprint density at radius 1 is 0.800 bits per heavy atom. The minimum atomic E-state index is -0.641. The zero-order chi connectivity index (χ0) is 38.7. The Kier molecular flexibility index (Phi) is 12.0. The summed E-state index contributed by atoms with van der Waals surface area (Å²) in [6.07, 6.45) is 14.9. The summed E-state index contributed by atoms with van der Waals surface area (Å²) in [7, 11) is 0. The molecule has 8 nitrogen and oxygen atoms in total. The van der Waals surface area contributed by atoms with Crippen LogP contribution in [-0.4, -0.2) is 50.4 Å². The van der Waals surface area contributed by atoms with E-state index in [2.05, 4.69) is 80.9 Å². The minimum Gasteiger partial charge on any atom is -0.449 e. The summed E-state index contributed by atoms with van der Waals surface area (Å²) in [6, 6.07) is 16.3. The SMILES string of the molecule is CC(C)CCC[C@@H](C)C1CC[C@H]2[C@@H]3CC=C4C[C@@H](OC(=O)NCCNC(=O)CNC(=O)OCC5c6ccccc6-c6ccccc65)CCC4(C)C3CCC12C. The molecule has 298 valence electrons. The molecular formula is C47H65N3O5. The molecule has 5 aliphatic rings. The van der Waals surface area contributed by atoms with Crippen LogP contribution in [0, 0.1) is 46.3 Å². The predicted molar refractivity (Wildman–Crippen MR) is 217 cm³/mol. The third kappa shape index (κ3) is 8.20. The van der Waals surface area contributed by atoms with Crippen LogP contribution in [0.25, 0.3) is 11.1 Å². The maximum atomic E-state index is 12.8. The number of nitrogens with one attached hydrogen (secondary N) is 3. The number of allylic oxidation sites excluding steroid dienone is 1. The molecule has 3 N–H and O–H groups in total. The van der Waals surface area contributed by atoms with Gasteiger partial charge >= 0.3 is 12.2 Å². The number of carbonyl (C=O) groups is 3. The molecule has 8 atom stereocenters. The van der Waals surface area contributed by atoms with Crippen LogP contribution in [0.4, 0.5) is 9.59 Å². The van der Waals surface area contributed by atoms with Crippen molar-refractivity contribution in [1.29, 1.82) is 0 Å². The average molecular weight is 752 g/mol. The summed E-state index contributed by atoms with van der Waals surface area (Å²) < 4.78 is 11.4. The first kappa shape index (κ1) is 39.4. The lowest BCUT2D eigenvalue weighted by molar-refractivity contribution is -0.120. The quantitative estimate of drug-likeness (QED) is 0.140. The number of amides is 3. The lowest BCUT2D eigenvalue weighted by Gasteiger charge is -2.58. The molecule has 0 saturated heterocycles. The van der Waals surface area contributed by atoms with Crippen LogP contribution in [0.1, 0.15) is 122 Å². The number of alkyl carbamates (subject to hydrolysis) is 2. The van der Waals surface area contributed by atoms with Gasteiger partial charge in [-0.25, -0.2) is 9.59 Å². The van der Waals surface area contributed by atoms with E-state index in [1.54, 1.807) is 0 Å². The van der Waals surface area contributed by atoms with Crippen LogP contribution in [0.3, 0.4) is 0 Å². The van der Waals surface area contributed by atoms with Crippen LogP contribution in [0.2, 0.25) is 0 Å². The summed E-state index contributed by atoms with van der Waals surface area (Å²) in [5.74, 6) is 4.44. The fraction of sp³-hybridized carbons (Fsp3) is 0.638. The van der Waals surface area contributed by atoms with Crippen LogP contribution < -0.4 is 16.0 Å². The largest absolute Gasteiger partial charge is 0.449 e. The van der Waals surface area contributed by atoms with Gasteiger partial charge in [-0.15, -0.1) is 0 Å². The predicted octanol–water partition coefficient (Wildman–Crippen LogP) is 9.78. The van der Waals surface area contributed by atoms with Gasteiger partial charge in [-0.05, 0) is 114 Å². The van der Waals surface area contributed by atoms with Crippen molar-refractivity contribution in [1.82, 2.24) is 16.0 Å². The van der Waals surface area contributed by atoms with Crippen molar-refractivity contribution >= 4 is 18.1 Å². The highest BCUT2D eigenvalue weighted by Crippen LogP contribution is 2.67. The molecule has 7 rings (SSSR count). The summed E-state index contributed by atoms with van der Waals surface area (Å²) >= 11 is 0. The standard InChI is InChI=1S/C47H65N3O5/c1-30(2)11-10-12-31(3)40-19-20-41-38-18-17-32-27-33(21-23-46(32,4)42(38)22-24-47(40,41)5)55-45(53)49-26-25-48-43(51)28-50-44(52)54-29-39-36-15-8-6-13-34(36)35-14-7-9-16-37(35)39/h6-9,13-17,30-31,33,38-42H,10-12,18-29H2,1-5H3,(H,48,51)(H,49,53)(H,50,52)/t31-,33+,38+,40?,41+,42?,46?,47?/m1/s1. The topological polar surface area (TPSA) is 106 Å². The van der Waals surface area contributed by atoms with E-state index in [0.29, 0.717) is 5.41 Å². The number of rotatable bonds is 13. The van der Waals surface area contributed by atoms with E-state index in [0.717, 1.165) is 77.0 Å². The summed E-state index contributed by atoms with van der Waals surface area (Å²) in [5, 5.41) is 8.08. The van der Waals surface area contributed by atoms with Crippen LogP contribution in [-0.2, 0) is 14.3 Å². The molecule has 3 fully saturated rings. The summed E-state index contributed by atoms with van der Waals surface area (Å²) in [4.78, 5) is 37.7. The zero-order valence-electron chi connectivity index (χ0n) is 34.0. The molecule has 4 unspecified atom stereocenters. The summed E-state index contributed by atoms with van der Waals surface area (Å²) in [5.41, 5.74) is 6.78. The van der Waals surface area contributed by atoms with Gasteiger partial charge < -0.3 is 25.4 Å². The maximum Gasteiger partial charge on any atom is 0.407 e. The van der Waals surface area contributed by atoms with E-state index < -0.39 is 12.2 Å². The van der Waals surface area contributed by atoms with Gasteiger partial charge in [0.15, 0.2) is 0 Å². The van der Waals surface area contributed by atoms with Crippen molar-refractivity contribution in [2.45, 2.75) is 117 Å². The van der Waals surface area contributed by atoms with Gasteiger partial charge in [0.05, 0.1) is 6.54 Å². The van der Waals surface area contributed by atoms with Gasteiger partial charge in [0, 0.05) is 25.4 Å². The Hall–Kier alpha value is -3.81. The normalized spacial score (nSPS) is 29.8. The molecule has 3 saturated carbocycles. The lowest BCUT2D eigenvalue weighted by atomic mass is 9.47. The van der Waals surface area contributed by atoms with Gasteiger partial charge in [0.25, 0.3) is 0 Å². The highest BCUT2D eigenvalue weighted by Gasteiger charge is 2.59. The molecule has 2 aromatic carbocycles. The number of fused-ring (bicyclic) bond motifs is 8. The van der Waals surface area contributed by atoms with E-state index in [1.165, 1.54) is 56.9 Å². The molecule has 2 aromatic rings. The zero-order valence-corrected chi connectivity index (χ0v) is 34.0. The first-order chi connectivity index (χ1) is 26.5. The monoisotopic (exact) mass is 751 g/mol. The number of hydrogen-bond donors (Lipinski definition) is 3. The fourth-order valence-electron chi connectivity index (χ4n) is 12.2. The highest BCUT2D eigenvalue weighted by atomic mass is 16.6. The Morgan fingerprint density at radius 2 is 1.51 bits per heavy atom. The number of hydrogen-bond acceptors (Lipinski definition) is 5. The van der Waals surface area contributed by atoms with Gasteiger partial charge in [-0.1, -0.05) is 114 Å². The first-order valence-electron chi connectivity index (χ1n) is 21.5. The van der Waals surface area contributed by atoms with E-state index >= 15 is 0 Å². The Balaban J connectivity index is 0.803. The molecule has 55 heavy (non-hydrogen) atoms. The fourth-order valence-corrected chi connectivity index (χ4v) is 12.2. The Bertz CT molecular complexity index is 1690. The maximum absolute atomic E-state index is 12.8. The van der Waals surface area contributed by atoms with Gasteiger partial charge in [-0.3, -0.25) is 4.79 Å². The second-order valence-corrected chi connectivity index (χ2v) is 18.5. The lowest BCUT2D eigenvalue weighted by Crippen LogP contribution is -2.51. The Morgan fingerprint density at radius 3 is 2.24 bits per heavy atom. The number of carbonyl (C=O) groups excluding carboxylic acids is 3. The Labute approximate surface area is 329 Å². The number of benzene rings is 2. The van der Waals surface area contributed by atoms with E-state index in [1.807, 2.05) is 24.3 Å². The molecule has 0 aliphatic heterocycles. The second-order valence-electron chi connectivity index (χ2n) is 18.5. The molecule has 0 spiro atoms. The van der Waals surface area contributed by atoms with Crippen molar-refractivity contribution in [3.05, 3.63) is 71.3 Å². The molecule has 0 radical (unpaired) electrons. The molecular weight excluding hydrogens is 687 g/mol.